The molecule has 0 atom stereocenters. The van der Waals surface area contributed by atoms with Crippen LogP contribution in [0.4, 0.5) is 11.5 Å². The number of aromatic nitrogens is 6. The molecule has 6 aromatic rings. The van der Waals surface area contributed by atoms with E-state index in [1.165, 1.54) is 24.8 Å². The molecule has 0 unspecified atom stereocenters. The number of nitrogens with zero attached hydrogens (tertiary/aromatic N) is 5. The smallest absolute Gasteiger partial charge is 0.181 e. The zero-order valence-electron chi connectivity index (χ0n) is 22.2. The van der Waals surface area contributed by atoms with Gasteiger partial charge < -0.3 is 15.2 Å². The number of allylic oxidation sites excluding steroid dienone is 1. The number of nitrogens with one attached hydrogen (secondary N) is 3. The third kappa shape index (κ3) is 4.68. The lowest BCUT2D eigenvalue weighted by Crippen LogP contribution is -2.30. The summed E-state index contributed by atoms with van der Waals surface area (Å²) in [6.07, 6.45) is 11.9. The molecule has 0 aliphatic carbocycles. The summed E-state index contributed by atoms with van der Waals surface area (Å²) in [4.78, 5) is 19.9. The number of H-pyrrole nitrogens is 2. The highest BCUT2D eigenvalue weighted by Crippen LogP contribution is 2.34. The molecule has 1 aliphatic heterocycles. The molecule has 1 fully saturated rings. The first kappa shape index (κ1) is 24.1. The number of hydrogen-bond donors (Lipinski definition) is 3. The number of fused-ring (bicyclic) bond motifs is 2. The average Bonchev–Trinajstić information content (AvgIpc) is 3.62. The molecule has 0 saturated carbocycles. The van der Waals surface area contributed by atoms with Crippen molar-refractivity contribution in [1.82, 2.24) is 30.1 Å². The van der Waals surface area contributed by atoms with E-state index in [1.54, 1.807) is 0 Å². The summed E-state index contributed by atoms with van der Waals surface area (Å²) in [6.45, 7) is 6.31. The fraction of sp³-hybridized carbons (Fsp3) is 0.188. The Balaban J connectivity index is 1.19. The minimum absolute atomic E-state index is 0.672. The minimum Gasteiger partial charge on any atom is -0.358 e. The van der Waals surface area contributed by atoms with Gasteiger partial charge in [-0.3, -0.25) is 10.1 Å². The summed E-state index contributed by atoms with van der Waals surface area (Å²) in [7, 11) is 0. The number of aromatic amines is 2. The maximum absolute atomic E-state index is 4.74. The van der Waals surface area contributed by atoms with Gasteiger partial charge in [-0.05, 0) is 49.1 Å². The molecule has 1 aromatic carbocycles. The zero-order valence-corrected chi connectivity index (χ0v) is 22.2. The molecular weight excluding hydrogens is 496 g/mol. The van der Waals surface area contributed by atoms with Crippen molar-refractivity contribution in [3.05, 3.63) is 97.2 Å². The van der Waals surface area contributed by atoms with E-state index < -0.39 is 0 Å². The molecule has 0 spiro atoms. The highest BCUT2D eigenvalue weighted by atomic mass is 15.2. The van der Waals surface area contributed by atoms with Gasteiger partial charge in [0.05, 0.1) is 28.8 Å². The van der Waals surface area contributed by atoms with Gasteiger partial charge in [0.1, 0.15) is 5.82 Å². The normalized spacial score (nSPS) is 13.7. The van der Waals surface area contributed by atoms with Gasteiger partial charge in [-0.1, -0.05) is 36.9 Å². The van der Waals surface area contributed by atoms with Crippen LogP contribution in [0.3, 0.4) is 0 Å². The fourth-order valence-electron chi connectivity index (χ4n) is 5.55. The number of rotatable bonds is 7. The van der Waals surface area contributed by atoms with Crippen molar-refractivity contribution in [2.45, 2.75) is 25.7 Å². The topological polar surface area (TPSA) is 98.4 Å². The van der Waals surface area contributed by atoms with Crippen molar-refractivity contribution in [1.29, 1.82) is 0 Å². The number of hydrogen-bond acceptors (Lipinski definition) is 6. The first-order valence-corrected chi connectivity index (χ1v) is 13.7. The summed E-state index contributed by atoms with van der Waals surface area (Å²) < 4.78 is 0. The predicted octanol–water partition coefficient (Wildman–Crippen LogP) is 6.72. The molecule has 0 amide bonds. The minimum atomic E-state index is 0.672. The molecule has 0 bridgehead atoms. The van der Waals surface area contributed by atoms with Gasteiger partial charge in [-0.15, -0.1) is 0 Å². The Morgan fingerprint density at radius 3 is 2.62 bits per heavy atom. The van der Waals surface area contributed by atoms with E-state index in [4.69, 9.17) is 4.98 Å². The third-order valence-corrected chi connectivity index (χ3v) is 7.51. The molecule has 5 aromatic heterocycles. The van der Waals surface area contributed by atoms with E-state index >= 15 is 0 Å². The maximum Gasteiger partial charge on any atom is 0.181 e. The third-order valence-electron chi connectivity index (χ3n) is 7.51. The van der Waals surface area contributed by atoms with Gasteiger partial charge in [0, 0.05) is 65.7 Å². The van der Waals surface area contributed by atoms with Gasteiger partial charge in [0.2, 0.25) is 0 Å². The van der Waals surface area contributed by atoms with Crippen LogP contribution < -0.4 is 10.2 Å². The van der Waals surface area contributed by atoms with E-state index in [9.17, 15) is 0 Å². The van der Waals surface area contributed by atoms with Crippen molar-refractivity contribution in [2.75, 3.05) is 23.3 Å². The Labute approximate surface area is 232 Å². The van der Waals surface area contributed by atoms with Crippen molar-refractivity contribution >= 4 is 33.4 Å². The summed E-state index contributed by atoms with van der Waals surface area (Å²) in [6, 6.07) is 18.7. The van der Waals surface area contributed by atoms with Gasteiger partial charge in [0.15, 0.2) is 5.65 Å². The number of anilines is 2. The first-order chi connectivity index (χ1) is 19.7. The second kappa shape index (κ2) is 10.3. The molecule has 0 radical (unpaired) electrons. The number of benzene rings is 1. The molecule has 40 heavy (non-hydrogen) atoms. The largest absolute Gasteiger partial charge is 0.358 e. The fourth-order valence-corrected chi connectivity index (χ4v) is 5.55. The standard InChI is InChI=1S/C32H30N8/c1-21(14-22-8-4-2-5-9-22)36-25-15-23(18-33-20-25)24-16-27-30(38-39-31(27)35-19-24)29-17-26-28(37-29)10-11-34-32(26)40-12-6-3-7-13-40/h2,4-5,8-11,15-20,36-37H,1,3,6-7,12-14H2,(H,35,38,39). The highest BCUT2D eigenvalue weighted by Gasteiger charge is 2.18. The molecule has 6 heterocycles. The van der Waals surface area contributed by atoms with Gasteiger partial charge in [0.25, 0.3) is 0 Å². The average molecular weight is 527 g/mol. The van der Waals surface area contributed by atoms with Crippen LogP contribution in [-0.2, 0) is 6.42 Å². The Hall–Kier alpha value is -4.98. The molecule has 1 aliphatic rings. The van der Waals surface area contributed by atoms with E-state index in [-0.39, 0.29) is 0 Å². The van der Waals surface area contributed by atoms with E-state index in [2.05, 4.69) is 72.3 Å². The van der Waals surface area contributed by atoms with Crippen LogP contribution in [0.1, 0.15) is 24.8 Å². The first-order valence-electron chi connectivity index (χ1n) is 13.7. The molecule has 8 nitrogen and oxygen atoms in total. The Morgan fingerprint density at radius 1 is 0.900 bits per heavy atom. The van der Waals surface area contributed by atoms with E-state index in [1.807, 2.05) is 49.1 Å². The quantitative estimate of drug-likeness (QED) is 0.214. The van der Waals surface area contributed by atoms with Gasteiger partial charge >= 0.3 is 0 Å². The highest BCUT2D eigenvalue weighted by molar-refractivity contribution is 5.99. The SMILES string of the molecule is C=C(Cc1ccccc1)Nc1cncc(-c2cnc3n[nH]c(-c4cc5c(N6CCCCC6)nccc5[nH]4)c3c2)c1. The summed E-state index contributed by atoms with van der Waals surface area (Å²) >= 11 is 0. The maximum atomic E-state index is 4.74. The van der Waals surface area contributed by atoms with Gasteiger partial charge in [-0.25, -0.2) is 9.97 Å². The van der Waals surface area contributed by atoms with Crippen LogP contribution in [0.25, 0.3) is 44.5 Å². The van der Waals surface area contributed by atoms with Crippen LogP contribution in [-0.4, -0.2) is 43.2 Å². The Bertz CT molecular complexity index is 1810. The predicted molar refractivity (Wildman–Crippen MR) is 161 cm³/mol. The molecule has 3 N–H and O–H groups in total. The Kier molecular flexibility index (Phi) is 6.20. The molecule has 8 heteroatoms. The number of piperidine rings is 1. The van der Waals surface area contributed by atoms with E-state index in [0.29, 0.717) is 5.65 Å². The van der Waals surface area contributed by atoms with Crippen molar-refractivity contribution in [2.24, 2.45) is 0 Å². The summed E-state index contributed by atoms with van der Waals surface area (Å²) in [5.41, 5.74) is 8.55. The van der Waals surface area contributed by atoms with Crippen molar-refractivity contribution in [3.8, 4) is 22.5 Å². The summed E-state index contributed by atoms with van der Waals surface area (Å²) in [5.74, 6) is 1.05. The van der Waals surface area contributed by atoms with Crippen LogP contribution in [0, 0.1) is 0 Å². The molecular formula is C32H30N8. The second-order valence-electron chi connectivity index (χ2n) is 10.4. The van der Waals surface area contributed by atoms with Crippen molar-refractivity contribution in [3.63, 3.8) is 0 Å². The molecule has 198 valence electrons. The van der Waals surface area contributed by atoms with Crippen LogP contribution in [0.15, 0.2) is 91.7 Å². The molecule has 1 saturated heterocycles. The lowest BCUT2D eigenvalue weighted by atomic mass is 10.1. The lowest BCUT2D eigenvalue weighted by Gasteiger charge is -2.28. The van der Waals surface area contributed by atoms with Crippen LogP contribution >= 0.6 is 0 Å². The van der Waals surface area contributed by atoms with E-state index in [0.717, 1.165) is 75.5 Å². The Morgan fingerprint density at radius 2 is 1.75 bits per heavy atom. The van der Waals surface area contributed by atoms with Crippen LogP contribution in [0.2, 0.25) is 0 Å². The second-order valence-corrected chi connectivity index (χ2v) is 10.4. The summed E-state index contributed by atoms with van der Waals surface area (Å²) in [5, 5.41) is 13.2. The van der Waals surface area contributed by atoms with Crippen LogP contribution in [0.5, 0.6) is 0 Å². The lowest BCUT2D eigenvalue weighted by molar-refractivity contribution is 0.575. The zero-order chi connectivity index (χ0) is 26.9. The van der Waals surface area contributed by atoms with Crippen molar-refractivity contribution < 1.29 is 0 Å². The number of pyridine rings is 3. The monoisotopic (exact) mass is 526 g/mol. The molecule has 7 rings (SSSR count). The van der Waals surface area contributed by atoms with Gasteiger partial charge in [-0.2, -0.15) is 5.10 Å².